The van der Waals surface area contributed by atoms with Crippen molar-refractivity contribution in [2.24, 2.45) is 0 Å². The monoisotopic (exact) mass is 379 g/mol. The number of unbranched alkanes of at least 4 members (excludes halogenated alkanes) is 1. The molecule has 0 aromatic heterocycles. The molecule has 0 radical (unpaired) electrons. The topological polar surface area (TPSA) is 104 Å². The van der Waals surface area contributed by atoms with E-state index in [2.05, 4.69) is 16.0 Å². The fraction of sp³-hybridized carbons (Fsp3) is 0.238. The van der Waals surface area contributed by atoms with Crippen molar-refractivity contribution in [3.63, 3.8) is 0 Å². The number of nitrogens with one attached hydrogen (secondary N) is 3. The molecule has 1 fully saturated rings. The number of imide groups is 2. The van der Waals surface area contributed by atoms with Crippen molar-refractivity contribution in [1.29, 1.82) is 0 Å². The first-order valence-electron chi connectivity index (χ1n) is 9.09. The Morgan fingerprint density at radius 1 is 0.821 bits per heavy atom. The maximum Gasteiger partial charge on any atom is 0.328 e. The zero-order chi connectivity index (χ0) is 20.0. The highest BCUT2D eigenvalue weighted by molar-refractivity contribution is 6.23. The van der Waals surface area contributed by atoms with Crippen molar-refractivity contribution in [1.82, 2.24) is 16.0 Å². The van der Waals surface area contributed by atoms with Gasteiger partial charge in [0.2, 0.25) is 11.4 Å². The normalized spacial score (nSPS) is 15.5. The molecular formula is C21H21N3O4. The molecule has 1 aliphatic heterocycles. The summed E-state index contributed by atoms with van der Waals surface area (Å²) in [6, 6.07) is 17.2. The fourth-order valence-electron chi connectivity index (χ4n) is 3.20. The minimum absolute atomic E-state index is 0.163. The average Bonchev–Trinajstić information content (AvgIpc) is 2.69. The van der Waals surface area contributed by atoms with Gasteiger partial charge in [-0.25, -0.2) is 4.79 Å². The van der Waals surface area contributed by atoms with Crippen LogP contribution in [-0.2, 0) is 26.3 Å². The van der Waals surface area contributed by atoms with E-state index in [1.165, 1.54) is 5.56 Å². The Morgan fingerprint density at radius 2 is 1.39 bits per heavy atom. The predicted molar refractivity (Wildman–Crippen MR) is 102 cm³/mol. The zero-order valence-electron chi connectivity index (χ0n) is 15.2. The molecular weight excluding hydrogens is 358 g/mol. The van der Waals surface area contributed by atoms with E-state index in [4.69, 9.17) is 0 Å². The van der Waals surface area contributed by atoms with E-state index in [-0.39, 0.29) is 12.0 Å². The molecule has 2 aromatic carbocycles. The quantitative estimate of drug-likeness (QED) is 0.504. The molecule has 7 heteroatoms. The Hall–Kier alpha value is -3.48. The van der Waals surface area contributed by atoms with Gasteiger partial charge in [-0.2, -0.15) is 0 Å². The summed E-state index contributed by atoms with van der Waals surface area (Å²) in [7, 11) is 0. The van der Waals surface area contributed by atoms with E-state index in [1.54, 1.807) is 30.3 Å². The molecule has 5 amide bonds. The largest absolute Gasteiger partial charge is 0.330 e. The molecule has 0 saturated carbocycles. The van der Waals surface area contributed by atoms with Crippen LogP contribution in [0.2, 0.25) is 0 Å². The number of carbonyl (C=O) groups is 4. The summed E-state index contributed by atoms with van der Waals surface area (Å²) in [5, 5.41) is 6.69. The molecule has 0 bridgehead atoms. The van der Waals surface area contributed by atoms with Gasteiger partial charge < -0.3 is 5.32 Å². The number of amides is 5. The van der Waals surface area contributed by atoms with Gasteiger partial charge in [-0.1, -0.05) is 60.7 Å². The smallest absolute Gasteiger partial charge is 0.328 e. The van der Waals surface area contributed by atoms with Gasteiger partial charge in [-0.3, -0.25) is 25.0 Å². The van der Waals surface area contributed by atoms with Crippen LogP contribution in [0.1, 0.15) is 30.4 Å². The maximum absolute atomic E-state index is 12.6. The number of rotatable bonds is 7. The number of barbiturate groups is 1. The second-order valence-corrected chi connectivity index (χ2v) is 6.59. The summed E-state index contributed by atoms with van der Waals surface area (Å²) in [5.74, 6) is -2.17. The lowest BCUT2D eigenvalue weighted by Gasteiger charge is -2.34. The van der Waals surface area contributed by atoms with Gasteiger partial charge in [0.1, 0.15) is 0 Å². The van der Waals surface area contributed by atoms with Gasteiger partial charge in [0.15, 0.2) is 0 Å². The summed E-state index contributed by atoms with van der Waals surface area (Å²) in [6.07, 6.45) is 2.41. The third-order valence-corrected chi connectivity index (χ3v) is 4.63. The van der Waals surface area contributed by atoms with Gasteiger partial charge in [0.25, 0.3) is 11.8 Å². The van der Waals surface area contributed by atoms with Gasteiger partial charge in [0, 0.05) is 6.42 Å². The van der Waals surface area contributed by atoms with Crippen LogP contribution in [0, 0.1) is 0 Å². The third-order valence-electron chi connectivity index (χ3n) is 4.63. The van der Waals surface area contributed by atoms with Crippen LogP contribution in [0.3, 0.4) is 0 Å². The Bertz CT molecular complexity index is 861. The van der Waals surface area contributed by atoms with E-state index in [9.17, 15) is 19.2 Å². The highest BCUT2D eigenvalue weighted by atomic mass is 16.2. The molecule has 1 heterocycles. The Balaban J connectivity index is 1.68. The van der Waals surface area contributed by atoms with Crippen molar-refractivity contribution in [3.05, 3.63) is 71.8 Å². The first-order valence-corrected chi connectivity index (χ1v) is 9.09. The van der Waals surface area contributed by atoms with Crippen LogP contribution in [-0.4, -0.2) is 23.8 Å². The molecule has 0 atom stereocenters. The van der Waals surface area contributed by atoms with Gasteiger partial charge >= 0.3 is 6.03 Å². The summed E-state index contributed by atoms with van der Waals surface area (Å²) >= 11 is 0. The van der Waals surface area contributed by atoms with Gasteiger partial charge in [-0.15, -0.1) is 0 Å². The lowest BCUT2D eigenvalue weighted by molar-refractivity contribution is -0.144. The minimum atomic E-state index is -1.97. The van der Waals surface area contributed by atoms with E-state index >= 15 is 0 Å². The lowest BCUT2D eigenvalue weighted by Crippen LogP contribution is -2.71. The van der Waals surface area contributed by atoms with Gasteiger partial charge in [0.05, 0.1) is 0 Å². The van der Waals surface area contributed by atoms with Crippen LogP contribution in [0.25, 0.3) is 0 Å². The number of urea groups is 1. The average molecular weight is 379 g/mol. The molecule has 2 aromatic rings. The molecule has 3 N–H and O–H groups in total. The van der Waals surface area contributed by atoms with Crippen LogP contribution in [0.4, 0.5) is 4.79 Å². The van der Waals surface area contributed by atoms with E-state index in [0.717, 1.165) is 12.8 Å². The number of carbonyl (C=O) groups excluding carboxylic acids is 4. The molecule has 0 aliphatic carbocycles. The number of hydrogen-bond acceptors (Lipinski definition) is 4. The molecule has 144 valence electrons. The second kappa shape index (κ2) is 8.47. The predicted octanol–water partition coefficient (Wildman–Crippen LogP) is 1.78. The van der Waals surface area contributed by atoms with Crippen molar-refractivity contribution in [2.45, 2.75) is 31.2 Å². The number of benzene rings is 2. The van der Waals surface area contributed by atoms with Crippen molar-refractivity contribution in [2.75, 3.05) is 0 Å². The second-order valence-electron chi connectivity index (χ2n) is 6.59. The van der Waals surface area contributed by atoms with Crippen molar-refractivity contribution < 1.29 is 19.2 Å². The van der Waals surface area contributed by atoms with Crippen LogP contribution in [0.15, 0.2) is 60.7 Å². The van der Waals surface area contributed by atoms with Crippen LogP contribution >= 0.6 is 0 Å². The molecule has 0 spiro atoms. The molecule has 7 nitrogen and oxygen atoms in total. The Labute approximate surface area is 162 Å². The van der Waals surface area contributed by atoms with E-state index in [0.29, 0.717) is 6.42 Å². The fourth-order valence-corrected chi connectivity index (χ4v) is 3.20. The standard InChI is InChI=1S/C21H21N3O4/c25-17(14-8-7-11-15-9-3-1-4-10-15)24-21(16-12-5-2-6-13-16)18(26)22-20(28)23-19(21)27/h1-6,9-10,12-13H,7-8,11,14H2,(H,24,25)(H2,22,23,26,27,28). The molecule has 1 aliphatic rings. The molecule has 1 saturated heterocycles. The van der Waals surface area contributed by atoms with Gasteiger partial charge in [-0.05, 0) is 30.4 Å². The Morgan fingerprint density at radius 3 is 2.00 bits per heavy atom. The minimum Gasteiger partial charge on any atom is -0.330 e. The van der Waals surface area contributed by atoms with Crippen LogP contribution < -0.4 is 16.0 Å². The highest BCUT2D eigenvalue weighted by Crippen LogP contribution is 2.24. The molecule has 28 heavy (non-hydrogen) atoms. The first kappa shape index (κ1) is 19.3. The van der Waals surface area contributed by atoms with Crippen LogP contribution in [0.5, 0.6) is 0 Å². The summed E-state index contributed by atoms with van der Waals surface area (Å²) in [6.45, 7) is 0. The number of hydrogen-bond donors (Lipinski definition) is 3. The third kappa shape index (κ3) is 4.09. The lowest BCUT2D eigenvalue weighted by atomic mass is 9.86. The van der Waals surface area contributed by atoms with E-state index < -0.39 is 29.3 Å². The highest BCUT2D eigenvalue weighted by Gasteiger charge is 2.52. The number of aryl methyl sites for hydroxylation is 1. The zero-order valence-corrected chi connectivity index (χ0v) is 15.2. The summed E-state index contributed by atoms with van der Waals surface area (Å²) < 4.78 is 0. The maximum atomic E-state index is 12.6. The van der Waals surface area contributed by atoms with Crippen molar-refractivity contribution in [3.8, 4) is 0 Å². The SMILES string of the molecule is O=C(CCCCc1ccccc1)NC1(c2ccccc2)C(=O)NC(=O)NC1=O. The summed E-state index contributed by atoms with van der Waals surface area (Å²) in [4.78, 5) is 49.1. The summed E-state index contributed by atoms with van der Waals surface area (Å²) in [5.41, 5.74) is -0.491. The molecule has 3 rings (SSSR count). The van der Waals surface area contributed by atoms with Crippen molar-refractivity contribution >= 4 is 23.8 Å². The van der Waals surface area contributed by atoms with E-state index in [1.807, 2.05) is 30.3 Å². The Kier molecular flexibility index (Phi) is 5.84. The first-order chi connectivity index (χ1) is 13.5. The molecule has 0 unspecified atom stereocenters.